The minimum absolute atomic E-state index is 0.101. The average Bonchev–Trinajstić information content (AvgIpc) is 2.25. The zero-order valence-corrected chi connectivity index (χ0v) is 7.74. The number of hydrogen-bond acceptors (Lipinski definition) is 3. The number of rotatable bonds is 5. The van der Waals surface area contributed by atoms with Gasteiger partial charge in [0.1, 0.15) is 0 Å². The molecule has 74 valence electrons. The van der Waals surface area contributed by atoms with Crippen molar-refractivity contribution < 1.29 is 5.11 Å². The Labute approximate surface area is 82.0 Å². The second-order valence-corrected chi connectivity index (χ2v) is 2.84. The molecule has 1 aromatic heterocycles. The molecule has 14 heavy (non-hydrogen) atoms. The summed E-state index contributed by atoms with van der Waals surface area (Å²) in [6.07, 6.45) is 2.89. The van der Waals surface area contributed by atoms with Crippen LogP contribution in [0.2, 0.25) is 0 Å². The minimum Gasteiger partial charge on any atom is -0.396 e. The number of aromatic nitrogens is 1. The molecule has 1 aromatic rings. The first kappa shape index (κ1) is 10.5. The zero-order valence-electron chi connectivity index (χ0n) is 7.74. The number of aliphatic hydroxyl groups excluding tert-OH is 1. The van der Waals surface area contributed by atoms with Gasteiger partial charge in [0.15, 0.2) is 0 Å². The molecule has 0 aliphatic heterocycles. The van der Waals surface area contributed by atoms with Crippen molar-refractivity contribution in [1.29, 1.82) is 0 Å². The molecule has 0 aliphatic rings. The van der Waals surface area contributed by atoms with E-state index >= 15 is 0 Å². The van der Waals surface area contributed by atoms with Gasteiger partial charge in [-0.25, -0.2) is 0 Å². The Hall–Kier alpha value is -1.58. The third kappa shape index (κ3) is 3.05. The summed E-state index contributed by atoms with van der Waals surface area (Å²) < 4.78 is 0. The van der Waals surface area contributed by atoms with Gasteiger partial charge in [0.2, 0.25) is 0 Å². The van der Waals surface area contributed by atoms with Crippen molar-refractivity contribution in [2.45, 2.75) is 18.9 Å². The molecular weight excluding hydrogens is 180 g/mol. The van der Waals surface area contributed by atoms with Gasteiger partial charge in [-0.1, -0.05) is 11.2 Å². The van der Waals surface area contributed by atoms with Crippen LogP contribution in [0.1, 0.15) is 24.6 Å². The maximum Gasteiger partial charge on any atom is 0.0798 e. The molecule has 0 saturated carbocycles. The number of hydrogen-bond donors (Lipinski definition) is 1. The van der Waals surface area contributed by atoms with Crippen molar-refractivity contribution in [1.82, 2.24) is 4.98 Å². The Balaban J connectivity index is 2.72. The summed E-state index contributed by atoms with van der Waals surface area (Å²) in [6, 6.07) is 5.20. The van der Waals surface area contributed by atoms with Crippen molar-refractivity contribution in [3.63, 3.8) is 0 Å². The molecule has 1 unspecified atom stereocenters. The summed E-state index contributed by atoms with van der Waals surface area (Å²) >= 11 is 0. The molecule has 1 N–H and O–H groups in total. The van der Waals surface area contributed by atoms with Crippen LogP contribution in [0.3, 0.4) is 0 Å². The third-order valence-electron chi connectivity index (χ3n) is 1.86. The van der Waals surface area contributed by atoms with E-state index in [-0.39, 0.29) is 12.6 Å². The summed E-state index contributed by atoms with van der Waals surface area (Å²) in [5, 5.41) is 12.3. The molecule has 0 radical (unpaired) electrons. The number of aliphatic hydroxyl groups is 1. The van der Waals surface area contributed by atoms with Gasteiger partial charge < -0.3 is 5.11 Å². The Morgan fingerprint density at radius 3 is 3.00 bits per heavy atom. The van der Waals surface area contributed by atoms with Crippen LogP contribution >= 0.6 is 0 Å². The molecule has 5 nitrogen and oxygen atoms in total. The summed E-state index contributed by atoms with van der Waals surface area (Å²) in [4.78, 5) is 6.87. The van der Waals surface area contributed by atoms with Crippen LogP contribution in [0.5, 0.6) is 0 Å². The Bertz CT molecular complexity index is 308. The van der Waals surface area contributed by atoms with E-state index < -0.39 is 0 Å². The van der Waals surface area contributed by atoms with Crippen LogP contribution in [0.4, 0.5) is 0 Å². The van der Waals surface area contributed by atoms with Gasteiger partial charge in [0.05, 0.1) is 6.04 Å². The largest absolute Gasteiger partial charge is 0.396 e. The average molecular weight is 192 g/mol. The minimum atomic E-state index is -0.270. The molecule has 0 spiro atoms. The third-order valence-corrected chi connectivity index (χ3v) is 1.86. The monoisotopic (exact) mass is 192 g/mol. The van der Waals surface area contributed by atoms with Crippen molar-refractivity contribution in [3.8, 4) is 0 Å². The first-order valence-corrected chi connectivity index (χ1v) is 4.44. The van der Waals surface area contributed by atoms with E-state index in [1.165, 1.54) is 0 Å². The molecule has 0 fully saturated rings. The van der Waals surface area contributed by atoms with Crippen LogP contribution < -0.4 is 0 Å². The predicted octanol–water partition coefficient (Wildman–Crippen LogP) is 2.21. The molecule has 1 rings (SSSR count). The fraction of sp³-hybridized carbons (Fsp3) is 0.444. The van der Waals surface area contributed by atoms with Crippen LogP contribution in [-0.4, -0.2) is 16.7 Å². The highest BCUT2D eigenvalue weighted by molar-refractivity contribution is 5.08. The predicted molar refractivity (Wildman–Crippen MR) is 52.4 cm³/mol. The zero-order chi connectivity index (χ0) is 10.2. The van der Waals surface area contributed by atoms with Crippen LogP contribution in [0.15, 0.2) is 29.5 Å². The molecular formula is C9H12N4O. The Morgan fingerprint density at radius 2 is 2.43 bits per heavy atom. The van der Waals surface area contributed by atoms with E-state index in [1.807, 2.05) is 18.2 Å². The normalized spacial score (nSPS) is 11.8. The Morgan fingerprint density at radius 1 is 1.57 bits per heavy atom. The maximum absolute atomic E-state index is 8.68. The first-order chi connectivity index (χ1) is 6.88. The van der Waals surface area contributed by atoms with E-state index in [2.05, 4.69) is 15.0 Å². The summed E-state index contributed by atoms with van der Waals surface area (Å²) in [5.74, 6) is 0. The SMILES string of the molecule is [N-]=[N+]=NC(CCCO)c1ccccn1. The van der Waals surface area contributed by atoms with Crippen molar-refractivity contribution in [2.24, 2.45) is 5.11 Å². The lowest BCUT2D eigenvalue weighted by Crippen LogP contribution is -1.98. The van der Waals surface area contributed by atoms with Gasteiger partial charge in [-0.05, 0) is 30.5 Å². The maximum atomic E-state index is 8.68. The van der Waals surface area contributed by atoms with E-state index in [0.717, 1.165) is 5.69 Å². The summed E-state index contributed by atoms with van der Waals surface area (Å²) in [6.45, 7) is 0.101. The fourth-order valence-corrected chi connectivity index (χ4v) is 1.18. The molecule has 1 heterocycles. The highest BCUT2D eigenvalue weighted by Crippen LogP contribution is 2.20. The molecule has 0 aliphatic carbocycles. The van der Waals surface area contributed by atoms with Crippen molar-refractivity contribution in [2.75, 3.05) is 6.61 Å². The van der Waals surface area contributed by atoms with Gasteiger partial charge in [0, 0.05) is 23.4 Å². The smallest absolute Gasteiger partial charge is 0.0798 e. The topological polar surface area (TPSA) is 81.9 Å². The molecule has 1 atom stereocenters. The molecule has 0 amide bonds. The molecule has 5 heteroatoms. The van der Waals surface area contributed by atoms with E-state index in [4.69, 9.17) is 10.6 Å². The van der Waals surface area contributed by atoms with Crippen molar-refractivity contribution >= 4 is 0 Å². The van der Waals surface area contributed by atoms with Gasteiger partial charge in [-0.15, -0.1) is 0 Å². The van der Waals surface area contributed by atoms with Gasteiger partial charge in [-0.3, -0.25) is 4.98 Å². The van der Waals surface area contributed by atoms with E-state index in [0.29, 0.717) is 12.8 Å². The van der Waals surface area contributed by atoms with Crippen LogP contribution in [-0.2, 0) is 0 Å². The van der Waals surface area contributed by atoms with Crippen LogP contribution in [0.25, 0.3) is 10.4 Å². The van der Waals surface area contributed by atoms with Gasteiger partial charge in [-0.2, -0.15) is 0 Å². The Kier molecular flexibility index (Phi) is 4.47. The van der Waals surface area contributed by atoms with Gasteiger partial charge >= 0.3 is 0 Å². The standard InChI is InChI=1S/C9H12N4O/c10-13-12-9(5-3-7-14)8-4-1-2-6-11-8/h1-2,4,6,9,14H,3,5,7H2. The second-order valence-electron chi connectivity index (χ2n) is 2.84. The van der Waals surface area contributed by atoms with Crippen molar-refractivity contribution in [3.05, 3.63) is 40.5 Å². The van der Waals surface area contributed by atoms with E-state index in [1.54, 1.807) is 6.20 Å². The number of azide groups is 1. The second kappa shape index (κ2) is 5.96. The molecule has 0 aromatic carbocycles. The summed E-state index contributed by atoms with van der Waals surface area (Å²) in [5.41, 5.74) is 9.11. The van der Waals surface area contributed by atoms with Gasteiger partial charge in [0.25, 0.3) is 0 Å². The lowest BCUT2D eigenvalue weighted by Gasteiger charge is -2.08. The highest BCUT2D eigenvalue weighted by Gasteiger charge is 2.09. The van der Waals surface area contributed by atoms with Crippen LogP contribution in [0, 0.1) is 0 Å². The first-order valence-electron chi connectivity index (χ1n) is 4.44. The lowest BCUT2D eigenvalue weighted by molar-refractivity contribution is 0.279. The molecule has 0 bridgehead atoms. The highest BCUT2D eigenvalue weighted by atomic mass is 16.2. The number of nitrogens with zero attached hydrogens (tertiary/aromatic N) is 4. The summed E-state index contributed by atoms with van der Waals surface area (Å²) in [7, 11) is 0. The fourth-order valence-electron chi connectivity index (χ4n) is 1.18. The number of pyridine rings is 1. The quantitative estimate of drug-likeness (QED) is 0.440. The lowest BCUT2D eigenvalue weighted by atomic mass is 10.1. The molecule has 0 saturated heterocycles. The van der Waals surface area contributed by atoms with E-state index in [9.17, 15) is 0 Å².